The van der Waals surface area contributed by atoms with Gasteiger partial charge in [-0.25, -0.2) is 0 Å². The fourth-order valence-electron chi connectivity index (χ4n) is 1.27. The van der Waals surface area contributed by atoms with E-state index in [-0.39, 0.29) is 30.5 Å². The molecule has 0 unspecified atom stereocenters. The van der Waals surface area contributed by atoms with Crippen LogP contribution in [0, 0.1) is 0 Å². The monoisotopic (exact) mass is 269 g/mol. The maximum Gasteiger partial charge on any atom is 0.132 e. The zero-order valence-electron chi connectivity index (χ0n) is 14.8. The number of ether oxygens (including phenoxy) is 2. The summed E-state index contributed by atoms with van der Waals surface area (Å²) in [5, 5.41) is 0. The van der Waals surface area contributed by atoms with E-state index in [2.05, 4.69) is 0 Å². The second-order valence-corrected chi connectivity index (χ2v) is 3.70. The SMILES string of the molecule is Cl.[2H]C([2H])([2H])Oc1cc(SC)c(OC([2H])([2H])[2H])cc1CCN. The molecule has 0 bridgehead atoms. The van der Waals surface area contributed by atoms with Gasteiger partial charge in [-0.05, 0) is 36.9 Å². The predicted octanol–water partition coefficient (Wildman–Crippen LogP) is 2.35. The number of thioether (sulfide) groups is 1. The number of rotatable bonds is 5. The van der Waals surface area contributed by atoms with Gasteiger partial charge in [0, 0.05) is 0 Å². The van der Waals surface area contributed by atoms with Crippen molar-refractivity contribution < 1.29 is 17.7 Å². The van der Waals surface area contributed by atoms with Crippen molar-refractivity contribution in [1.82, 2.24) is 0 Å². The van der Waals surface area contributed by atoms with Gasteiger partial charge >= 0.3 is 0 Å². The zero-order valence-corrected chi connectivity index (χ0v) is 10.4. The van der Waals surface area contributed by atoms with Gasteiger partial charge < -0.3 is 15.2 Å². The van der Waals surface area contributed by atoms with Crippen LogP contribution in [0.2, 0.25) is 0 Å². The van der Waals surface area contributed by atoms with E-state index in [9.17, 15) is 0 Å². The lowest BCUT2D eigenvalue weighted by Crippen LogP contribution is -2.05. The van der Waals surface area contributed by atoms with Gasteiger partial charge in [0.25, 0.3) is 0 Å². The van der Waals surface area contributed by atoms with Crippen molar-refractivity contribution in [1.29, 1.82) is 0 Å². The van der Waals surface area contributed by atoms with Crippen LogP contribution in [0.3, 0.4) is 0 Å². The molecule has 0 aliphatic rings. The highest BCUT2D eigenvalue weighted by Gasteiger charge is 2.09. The van der Waals surface area contributed by atoms with Crippen molar-refractivity contribution in [3.8, 4) is 11.5 Å². The smallest absolute Gasteiger partial charge is 0.132 e. The summed E-state index contributed by atoms with van der Waals surface area (Å²) in [6, 6.07) is 2.93. The molecule has 0 spiro atoms. The minimum absolute atomic E-state index is 0. The first-order valence-electron chi connectivity index (χ1n) is 7.35. The summed E-state index contributed by atoms with van der Waals surface area (Å²) in [4.78, 5) is 0.478. The second kappa shape index (κ2) is 7.65. The molecule has 0 saturated carbocycles. The molecule has 0 saturated heterocycles. The molecule has 92 valence electrons. The molecule has 2 N–H and O–H groups in total. The molecule has 3 nitrogen and oxygen atoms in total. The second-order valence-electron chi connectivity index (χ2n) is 2.85. The molecule has 0 amide bonds. The van der Waals surface area contributed by atoms with E-state index in [0.717, 1.165) is 0 Å². The maximum absolute atomic E-state index is 7.18. The number of hydrogen-bond acceptors (Lipinski definition) is 4. The third kappa shape index (κ3) is 3.47. The standard InChI is InChI=1S/C11H17NO2S.ClH/c1-13-9-7-11(15-3)10(14-2)6-8(9)4-5-12;/h6-7H,4-5,12H2,1-3H3;1H/i1D3,2D3;. The van der Waals surface area contributed by atoms with E-state index in [4.69, 9.17) is 23.4 Å². The molecule has 1 aromatic carbocycles. The molecule has 5 heteroatoms. The van der Waals surface area contributed by atoms with Crippen molar-refractivity contribution in [3.05, 3.63) is 17.7 Å². The molecule has 1 rings (SSSR count). The van der Waals surface area contributed by atoms with Crippen LogP contribution in [0.15, 0.2) is 17.0 Å². The van der Waals surface area contributed by atoms with Crippen LogP contribution in [-0.4, -0.2) is 26.9 Å². The minimum Gasteiger partial charge on any atom is -0.496 e. The van der Waals surface area contributed by atoms with Gasteiger partial charge in [0.2, 0.25) is 0 Å². The number of benzene rings is 1. The minimum atomic E-state index is -2.59. The zero-order chi connectivity index (χ0) is 16.3. The molecule has 0 heterocycles. The van der Waals surface area contributed by atoms with Crippen LogP contribution in [0.25, 0.3) is 0 Å². The van der Waals surface area contributed by atoms with Crippen LogP contribution in [0.4, 0.5) is 0 Å². The Hall–Kier alpha value is -0.580. The lowest BCUT2D eigenvalue weighted by Gasteiger charge is -2.13. The van der Waals surface area contributed by atoms with Gasteiger partial charge in [-0.1, -0.05) is 0 Å². The van der Waals surface area contributed by atoms with E-state index in [0.29, 0.717) is 16.9 Å². The van der Waals surface area contributed by atoms with Crippen LogP contribution in [-0.2, 0) is 6.42 Å². The molecule has 16 heavy (non-hydrogen) atoms. The van der Waals surface area contributed by atoms with Crippen molar-refractivity contribution in [2.45, 2.75) is 11.3 Å². The quantitative estimate of drug-likeness (QED) is 0.834. The Kier molecular flexibility index (Phi) is 3.68. The number of nitrogens with two attached hydrogens (primary N) is 1. The summed E-state index contributed by atoms with van der Waals surface area (Å²) in [5.74, 6) is 0.312. The van der Waals surface area contributed by atoms with E-state index in [1.54, 1.807) is 6.26 Å². The number of halogens is 1. The summed E-state index contributed by atoms with van der Waals surface area (Å²) < 4.78 is 52.9. The van der Waals surface area contributed by atoms with Crippen LogP contribution in [0.1, 0.15) is 13.8 Å². The van der Waals surface area contributed by atoms with Crippen molar-refractivity contribution in [2.24, 2.45) is 5.73 Å². The van der Waals surface area contributed by atoms with E-state index >= 15 is 0 Å². The van der Waals surface area contributed by atoms with Gasteiger partial charge in [0.05, 0.1) is 27.2 Å². The van der Waals surface area contributed by atoms with Gasteiger partial charge in [-0.3, -0.25) is 0 Å². The Morgan fingerprint density at radius 2 is 2.00 bits per heavy atom. The highest BCUT2D eigenvalue weighted by atomic mass is 35.5. The third-order valence-electron chi connectivity index (χ3n) is 1.98. The van der Waals surface area contributed by atoms with Gasteiger partial charge in [-0.15, -0.1) is 24.2 Å². The Balaban J connectivity index is 0.00000441. The van der Waals surface area contributed by atoms with Gasteiger partial charge in [0.1, 0.15) is 11.5 Å². The van der Waals surface area contributed by atoms with Gasteiger partial charge in [0.15, 0.2) is 0 Å². The largest absolute Gasteiger partial charge is 0.496 e. The summed E-state index contributed by atoms with van der Waals surface area (Å²) in [6.07, 6.45) is 2.07. The maximum atomic E-state index is 7.18. The lowest BCUT2D eigenvalue weighted by molar-refractivity contribution is 0.390. The Labute approximate surface area is 116 Å². The normalized spacial score (nSPS) is 16.6. The summed E-state index contributed by atoms with van der Waals surface area (Å²) in [6.45, 7) is 0.267. The van der Waals surface area contributed by atoms with Crippen LogP contribution < -0.4 is 15.2 Å². The van der Waals surface area contributed by atoms with Crippen LogP contribution >= 0.6 is 24.2 Å². The highest BCUT2D eigenvalue weighted by Crippen LogP contribution is 2.34. The van der Waals surface area contributed by atoms with E-state index < -0.39 is 14.1 Å². The van der Waals surface area contributed by atoms with E-state index in [1.807, 2.05) is 0 Å². The Bertz CT molecular complexity index is 495. The summed E-state index contributed by atoms with van der Waals surface area (Å²) >= 11 is 1.23. The number of hydrogen-bond donors (Lipinski definition) is 1. The highest BCUT2D eigenvalue weighted by molar-refractivity contribution is 7.98. The molecule has 0 fully saturated rings. The van der Waals surface area contributed by atoms with Crippen molar-refractivity contribution >= 4 is 24.2 Å². The molecule has 0 atom stereocenters. The van der Waals surface area contributed by atoms with Crippen molar-refractivity contribution in [2.75, 3.05) is 26.9 Å². The number of methoxy groups -OCH3 is 2. The molecule has 0 radical (unpaired) electrons. The predicted molar refractivity (Wildman–Crippen MR) is 71.3 cm³/mol. The lowest BCUT2D eigenvalue weighted by atomic mass is 10.1. The average molecular weight is 270 g/mol. The fraction of sp³-hybridized carbons (Fsp3) is 0.455. The molecule has 1 aromatic rings. The van der Waals surface area contributed by atoms with Crippen LogP contribution in [0.5, 0.6) is 11.5 Å². The molecule has 0 aliphatic carbocycles. The fourth-order valence-corrected chi connectivity index (χ4v) is 1.80. The molecule has 0 aromatic heterocycles. The van der Waals surface area contributed by atoms with E-state index in [1.165, 1.54) is 23.9 Å². The first-order valence-corrected chi connectivity index (χ1v) is 5.57. The Morgan fingerprint density at radius 3 is 2.56 bits per heavy atom. The van der Waals surface area contributed by atoms with Gasteiger partial charge in [-0.2, -0.15) is 0 Å². The Morgan fingerprint density at radius 1 is 1.31 bits per heavy atom. The molecular weight excluding hydrogens is 246 g/mol. The summed E-state index contributed by atoms with van der Waals surface area (Å²) in [5.41, 5.74) is 5.98. The average Bonchev–Trinajstić information content (AvgIpc) is 2.29. The van der Waals surface area contributed by atoms with Crippen molar-refractivity contribution in [3.63, 3.8) is 0 Å². The summed E-state index contributed by atoms with van der Waals surface area (Å²) in [7, 11) is -5.18. The molecular formula is C11H18ClNO2S. The first kappa shape index (κ1) is 7.69. The first-order chi connectivity index (χ1) is 9.55. The third-order valence-corrected chi connectivity index (χ3v) is 2.74. The molecule has 0 aliphatic heterocycles. The topological polar surface area (TPSA) is 44.5 Å².